The second kappa shape index (κ2) is 41.3. The first-order valence-electron chi connectivity index (χ1n) is 24.8. The number of aliphatic hydroxyl groups is 4. The number of hydrogen-bond donors (Lipinski definition) is 4. The summed E-state index contributed by atoms with van der Waals surface area (Å²) in [5, 5.41) is 40.2. The number of carbonyl (C=O) groups is 1. The van der Waals surface area contributed by atoms with Gasteiger partial charge in [-0.3, -0.25) is 4.79 Å². The Kier molecular flexibility index (Phi) is 39.1. The van der Waals surface area contributed by atoms with Crippen molar-refractivity contribution < 1.29 is 44.2 Å². The van der Waals surface area contributed by atoms with E-state index in [1.54, 1.807) is 0 Å². The van der Waals surface area contributed by atoms with E-state index in [1.807, 2.05) is 0 Å². The fourth-order valence-corrected chi connectivity index (χ4v) is 7.78. The molecule has 9 heteroatoms. The molecule has 0 aromatic heterocycles. The van der Waals surface area contributed by atoms with E-state index in [4.69, 9.17) is 18.9 Å². The minimum Gasteiger partial charge on any atom is -0.457 e. The molecule has 6 atom stereocenters. The molecule has 1 saturated heterocycles. The van der Waals surface area contributed by atoms with Crippen LogP contribution in [-0.2, 0) is 23.7 Å². The van der Waals surface area contributed by atoms with Gasteiger partial charge in [0.1, 0.15) is 30.5 Å². The van der Waals surface area contributed by atoms with Crippen LogP contribution in [0, 0.1) is 0 Å². The molecule has 0 aliphatic carbocycles. The van der Waals surface area contributed by atoms with Crippen molar-refractivity contribution in [2.45, 2.75) is 269 Å². The molecular formula is C49H94O9. The molecule has 1 heterocycles. The molecule has 0 saturated carbocycles. The quantitative estimate of drug-likeness (QED) is 0.0269. The monoisotopic (exact) mass is 827 g/mol. The van der Waals surface area contributed by atoms with Gasteiger partial charge in [-0.15, -0.1) is 0 Å². The van der Waals surface area contributed by atoms with Gasteiger partial charge in [0.2, 0.25) is 0 Å². The molecule has 0 spiro atoms. The highest BCUT2D eigenvalue weighted by Gasteiger charge is 2.44. The van der Waals surface area contributed by atoms with Crippen LogP contribution in [0.5, 0.6) is 0 Å². The van der Waals surface area contributed by atoms with Gasteiger partial charge in [-0.25, -0.2) is 0 Å². The van der Waals surface area contributed by atoms with Crippen LogP contribution >= 0.6 is 0 Å². The van der Waals surface area contributed by atoms with E-state index in [0.29, 0.717) is 13.0 Å². The van der Waals surface area contributed by atoms with Crippen LogP contribution in [0.4, 0.5) is 0 Å². The normalized spacial score (nSPS) is 20.3. The summed E-state index contributed by atoms with van der Waals surface area (Å²) in [6, 6.07) is 0. The standard InChI is InChI=1S/C49H94O9/c1-3-5-7-9-11-13-15-17-19-21-22-24-26-28-30-32-34-36-38-45(51)57-43(42-56-49-48(54)47(53)46(52)44(40-50)58-49)41-55-39-37-35-33-31-29-27-25-23-20-18-16-14-12-10-8-6-4-2/h19,21,43-44,46-50,52-54H,3-18,20,22-42H2,1-2H3/b21-19-. The molecule has 0 bridgehead atoms. The number of esters is 1. The number of ether oxygens (including phenoxy) is 4. The summed E-state index contributed by atoms with van der Waals surface area (Å²) in [7, 11) is 0. The molecule has 0 amide bonds. The number of rotatable bonds is 43. The molecule has 1 aliphatic heterocycles. The van der Waals surface area contributed by atoms with Crippen LogP contribution in [0.15, 0.2) is 12.2 Å². The summed E-state index contributed by atoms with van der Waals surface area (Å²) in [5.41, 5.74) is 0. The Balaban J connectivity index is 2.21. The summed E-state index contributed by atoms with van der Waals surface area (Å²) < 4.78 is 22.9. The maximum absolute atomic E-state index is 12.8. The molecule has 58 heavy (non-hydrogen) atoms. The van der Waals surface area contributed by atoms with E-state index >= 15 is 0 Å². The van der Waals surface area contributed by atoms with E-state index in [1.165, 1.54) is 180 Å². The number of aliphatic hydroxyl groups excluding tert-OH is 4. The van der Waals surface area contributed by atoms with Gasteiger partial charge in [0.15, 0.2) is 6.29 Å². The lowest BCUT2D eigenvalue weighted by Crippen LogP contribution is -2.59. The zero-order valence-electron chi connectivity index (χ0n) is 37.8. The predicted octanol–water partition coefficient (Wildman–Crippen LogP) is 11.6. The number of hydrogen-bond acceptors (Lipinski definition) is 9. The lowest BCUT2D eigenvalue weighted by molar-refractivity contribution is -0.305. The predicted molar refractivity (Wildman–Crippen MR) is 238 cm³/mol. The molecule has 1 rings (SSSR count). The summed E-state index contributed by atoms with van der Waals surface area (Å²) in [5.74, 6) is -0.313. The molecular weight excluding hydrogens is 733 g/mol. The second-order valence-corrected chi connectivity index (χ2v) is 17.3. The highest BCUT2D eigenvalue weighted by molar-refractivity contribution is 5.69. The zero-order valence-corrected chi connectivity index (χ0v) is 37.8. The van der Waals surface area contributed by atoms with Crippen LogP contribution in [0.25, 0.3) is 0 Å². The third-order valence-corrected chi connectivity index (χ3v) is 11.7. The zero-order chi connectivity index (χ0) is 42.2. The van der Waals surface area contributed by atoms with Crippen LogP contribution in [-0.4, -0.2) is 89.6 Å². The molecule has 0 aromatic carbocycles. The van der Waals surface area contributed by atoms with Gasteiger partial charge in [-0.1, -0.05) is 199 Å². The maximum atomic E-state index is 12.8. The third-order valence-electron chi connectivity index (χ3n) is 11.7. The van der Waals surface area contributed by atoms with E-state index in [2.05, 4.69) is 26.0 Å². The highest BCUT2D eigenvalue weighted by Crippen LogP contribution is 2.23. The minimum absolute atomic E-state index is 0.109. The SMILES string of the molecule is CCCCCCCCC/C=C\CCCCCCCCCC(=O)OC(COCCCCCCCCCCCCCCCCCCC)COC1OC(CO)C(O)C(O)C1O. The second-order valence-electron chi connectivity index (χ2n) is 17.3. The number of carbonyl (C=O) groups excluding carboxylic acids is 1. The van der Waals surface area contributed by atoms with Gasteiger partial charge in [-0.2, -0.15) is 0 Å². The lowest BCUT2D eigenvalue weighted by atomic mass is 9.99. The number of unbranched alkanes of at least 4 members (excludes halogenated alkanes) is 30. The first-order chi connectivity index (χ1) is 28.4. The lowest BCUT2D eigenvalue weighted by Gasteiger charge is -2.39. The largest absolute Gasteiger partial charge is 0.457 e. The average Bonchev–Trinajstić information content (AvgIpc) is 3.22. The van der Waals surface area contributed by atoms with Crippen LogP contribution < -0.4 is 0 Å². The minimum atomic E-state index is -1.53. The Labute approximate surface area is 356 Å². The van der Waals surface area contributed by atoms with E-state index in [9.17, 15) is 25.2 Å². The van der Waals surface area contributed by atoms with E-state index in [0.717, 1.165) is 32.1 Å². The first kappa shape index (κ1) is 54.9. The van der Waals surface area contributed by atoms with E-state index in [-0.39, 0.29) is 19.2 Å². The Morgan fingerprint density at radius 2 is 0.948 bits per heavy atom. The van der Waals surface area contributed by atoms with Crippen molar-refractivity contribution in [3.63, 3.8) is 0 Å². The Bertz CT molecular complexity index is 899. The fraction of sp³-hybridized carbons (Fsp3) is 0.939. The fourth-order valence-electron chi connectivity index (χ4n) is 7.78. The van der Waals surface area contributed by atoms with Gasteiger partial charge in [0, 0.05) is 13.0 Å². The molecule has 0 radical (unpaired) electrons. The Morgan fingerprint density at radius 3 is 1.40 bits per heavy atom. The maximum Gasteiger partial charge on any atom is 0.306 e. The Morgan fingerprint density at radius 1 is 0.534 bits per heavy atom. The van der Waals surface area contributed by atoms with Crippen molar-refractivity contribution in [3.05, 3.63) is 12.2 Å². The van der Waals surface area contributed by atoms with Crippen LogP contribution in [0.1, 0.15) is 232 Å². The molecule has 9 nitrogen and oxygen atoms in total. The molecule has 1 aliphatic rings. The van der Waals surface area contributed by atoms with Crippen LogP contribution in [0.3, 0.4) is 0 Å². The van der Waals surface area contributed by atoms with Crippen molar-refractivity contribution in [2.24, 2.45) is 0 Å². The van der Waals surface area contributed by atoms with Crippen LogP contribution in [0.2, 0.25) is 0 Å². The molecule has 1 fully saturated rings. The van der Waals surface area contributed by atoms with E-state index < -0.39 is 43.4 Å². The first-order valence-corrected chi connectivity index (χ1v) is 24.8. The molecule has 344 valence electrons. The summed E-state index contributed by atoms with van der Waals surface area (Å²) in [4.78, 5) is 12.8. The smallest absolute Gasteiger partial charge is 0.306 e. The summed E-state index contributed by atoms with van der Waals surface area (Å²) >= 11 is 0. The van der Waals surface area contributed by atoms with Crippen molar-refractivity contribution in [2.75, 3.05) is 26.4 Å². The molecule has 4 N–H and O–H groups in total. The van der Waals surface area contributed by atoms with Gasteiger partial charge in [-0.05, 0) is 38.5 Å². The van der Waals surface area contributed by atoms with Crippen molar-refractivity contribution in [1.29, 1.82) is 0 Å². The average molecular weight is 827 g/mol. The summed E-state index contributed by atoms with van der Waals surface area (Å²) in [6.07, 6.45) is 39.5. The van der Waals surface area contributed by atoms with Gasteiger partial charge >= 0.3 is 5.97 Å². The Hall–Kier alpha value is -1.07. The molecule has 6 unspecified atom stereocenters. The van der Waals surface area contributed by atoms with Gasteiger partial charge in [0.05, 0.1) is 19.8 Å². The topological polar surface area (TPSA) is 135 Å². The summed E-state index contributed by atoms with van der Waals surface area (Å²) in [6.45, 7) is 4.60. The van der Waals surface area contributed by atoms with Crippen molar-refractivity contribution in [1.82, 2.24) is 0 Å². The van der Waals surface area contributed by atoms with Crippen molar-refractivity contribution >= 4 is 5.97 Å². The van der Waals surface area contributed by atoms with Gasteiger partial charge in [0.25, 0.3) is 0 Å². The molecule has 0 aromatic rings. The third kappa shape index (κ3) is 31.8. The highest BCUT2D eigenvalue weighted by atomic mass is 16.7. The van der Waals surface area contributed by atoms with Gasteiger partial charge < -0.3 is 39.4 Å². The number of allylic oxidation sites excluding steroid dienone is 2. The van der Waals surface area contributed by atoms with Crippen molar-refractivity contribution in [3.8, 4) is 0 Å².